The summed E-state index contributed by atoms with van der Waals surface area (Å²) in [4.78, 5) is 26.9. The lowest BCUT2D eigenvalue weighted by molar-refractivity contribution is -0.118. The van der Waals surface area contributed by atoms with Crippen LogP contribution in [-0.2, 0) is 4.79 Å². The van der Waals surface area contributed by atoms with E-state index in [0.717, 1.165) is 29.9 Å². The number of amides is 2. The number of benzene rings is 2. The van der Waals surface area contributed by atoms with Crippen LogP contribution in [0.4, 0.5) is 5.69 Å². The molecule has 1 unspecified atom stereocenters. The Morgan fingerprint density at radius 1 is 1.07 bits per heavy atom. The largest absolute Gasteiger partial charge is 0.497 e. The maximum atomic E-state index is 13.2. The molecular formula is C23H28N2O4. The Bertz CT molecular complexity index is 877. The molecule has 1 saturated heterocycles. The first kappa shape index (κ1) is 20.7. The molecule has 0 aromatic heterocycles. The Hall–Kier alpha value is -3.02. The molecule has 0 spiro atoms. The van der Waals surface area contributed by atoms with Gasteiger partial charge in [-0.3, -0.25) is 9.59 Å². The predicted molar refractivity (Wildman–Crippen MR) is 112 cm³/mol. The number of hydrogen-bond acceptors (Lipinski definition) is 4. The average molecular weight is 396 g/mol. The van der Waals surface area contributed by atoms with Crippen LogP contribution in [0.15, 0.2) is 42.5 Å². The maximum Gasteiger partial charge on any atom is 0.254 e. The summed E-state index contributed by atoms with van der Waals surface area (Å²) in [7, 11) is 3.26. The van der Waals surface area contributed by atoms with Crippen LogP contribution < -0.4 is 14.8 Å². The van der Waals surface area contributed by atoms with Gasteiger partial charge in [0.05, 0.1) is 20.3 Å². The Labute approximate surface area is 171 Å². The summed E-state index contributed by atoms with van der Waals surface area (Å²) in [5.74, 6) is 1.32. The second-order valence-electron chi connectivity index (χ2n) is 7.49. The molecule has 2 amide bonds. The van der Waals surface area contributed by atoms with Gasteiger partial charge in [-0.05, 0) is 55.3 Å². The molecular weight excluding hydrogens is 368 g/mol. The van der Waals surface area contributed by atoms with Gasteiger partial charge in [0.2, 0.25) is 5.91 Å². The molecule has 0 saturated carbocycles. The van der Waals surface area contributed by atoms with E-state index in [0.29, 0.717) is 17.8 Å². The number of nitrogens with zero attached hydrogens (tertiary/aromatic N) is 1. The van der Waals surface area contributed by atoms with Crippen LogP contribution in [-0.4, -0.2) is 37.5 Å². The molecule has 6 nitrogen and oxygen atoms in total. The van der Waals surface area contributed by atoms with E-state index in [2.05, 4.69) is 5.32 Å². The number of rotatable bonds is 6. The van der Waals surface area contributed by atoms with Gasteiger partial charge >= 0.3 is 0 Å². The fourth-order valence-corrected chi connectivity index (χ4v) is 3.58. The fraction of sp³-hybridized carbons (Fsp3) is 0.391. The number of anilines is 1. The van der Waals surface area contributed by atoms with Crippen molar-refractivity contribution in [2.75, 3.05) is 26.1 Å². The third-order valence-corrected chi connectivity index (χ3v) is 5.23. The minimum Gasteiger partial charge on any atom is -0.497 e. The molecule has 2 aromatic rings. The van der Waals surface area contributed by atoms with Gasteiger partial charge in [-0.15, -0.1) is 0 Å². The van der Waals surface area contributed by atoms with Crippen molar-refractivity contribution in [3.63, 3.8) is 0 Å². The number of carbonyl (C=O) groups is 2. The lowest BCUT2D eigenvalue weighted by Crippen LogP contribution is -2.30. The number of hydrogen-bond donors (Lipinski definition) is 1. The zero-order valence-electron chi connectivity index (χ0n) is 17.4. The van der Waals surface area contributed by atoms with Gasteiger partial charge in [-0.25, -0.2) is 0 Å². The summed E-state index contributed by atoms with van der Waals surface area (Å²) in [6, 6.07) is 12.7. The van der Waals surface area contributed by atoms with Crippen LogP contribution in [0, 0.1) is 5.92 Å². The van der Waals surface area contributed by atoms with Crippen LogP contribution in [0.3, 0.4) is 0 Å². The van der Waals surface area contributed by atoms with Crippen LogP contribution >= 0.6 is 0 Å². The van der Waals surface area contributed by atoms with E-state index >= 15 is 0 Å². The number of likely N-dealkylation sites (tertiary alicyclic amines) is 1. The second kappa shape index (κ2) is 8.99. The van der Waals surface area contributed by atoms with Crippen molar-refractivity contribution in [3.8, 4) is 11.5 Å². The first-order valence-corrected chi connectivity index (χ1v) is 9.88. The first-order valence-electron chi connectivity index (χ1n) is 9.88. The quantitative estimate of drug-likeness (QED) is 0.792. The van der Waals surface area contributed by atoms with Crippen molar-refractivity contribution in [1.29, 1.82) is 0 Å². The summed E-state index contributed by atoms with van der Waals surface area (Å²) in [6.07, 6.45) is 1.80. The summed E-state index contributed by atoms with van der Waals surface area (Å²) in [6.45, 7) is 4.37. The molecule has 1 N–H and O–H groups in total. The van der Waals surface area contributed by atoms with E-state index in [1.807, 2.05) is 36.9 Å². The monoisotopic (exact) mass is 396 g/mol. The molecule has 0 aliphatic carbocycles. The smallest absolute Gasteiger partial charge is 0.254 e. The molecule has 6 heteroatoms. The minimum atomic E-state index is -0.0977. The standard InChI is InChI=1S/C23H28N2O4/c1-15(2)22(26)24-17-9-7-16(8-10-17)23(27)25-13-5-6-20(25)19-14-18(28-3)11-12-21(19)29-4/h7-12,14-15,20H,5-6,13H2,1-4H3,(H,24,26). The van der Waals surface area contributed by atoms with Gasteiger partial charge in [0.15, 0.2) is 0 Å². The molecule has 1 heterocycles. The van der Waals surface area contributed by atoms with E-state index in [4.69, 9.17) is 9.47 Å². The lowest BCUT2D eigenvalue weighted by Gasteiger charge is -2.27. The summed E-state index contributed by atoms with van der Waals surface area (Å²) < 4.78 is 10.9. The third-order valence-electron chi connectivity index (χ3n) is 5.23. The molecule has 2 aromatic carbocycles. The third kappa shape index (κ3) is 4.53. The van der Waals surface area contributed by atoms with Gasteiger partial charge in [0.1, 0.15) is 11.5 Å². The van der Waals surface area contributed by atoms with E-state index < -0.39 is 0 Å². The molecule has 154 valence electrons. The van der Waals surface area contributed by atoms with Crippen molar-refractivity contribution >= 4 is 17.5 Å². The van der Waals surface area contributed by atoms with Crippen LogP contribution in [0.25, 0.3) is 0 Å². The Morgan fingerprint density at radius 2 is 1.79 bits per heavy atom. The Kier molecular flexibility index (Phi) is 6.42. The molecule has 1 fully saturated rings. The zero-order chi connectivity index (χ0) is 21.0. The van der Waals surface area contributed by atoms with Crippen LogP contribution in [0.2, 0.25) is 0 Å². The Morgan fingerprint density at radius 3 is 2.41 bits per heavy atom. The van der Waals surface area contributed by atoms with Gasteiger partial charge in [0.25, 0.3) is 5.91 Å². The number of carbonyl (C=O) groups excluding carboxylic acids is 2. The topological polar surface area (TPSA) is 67.9 Å². The molecule has 1 aliphatic heterocycles. The number of methoxy groups -OCH3 is 2. The molecule has 1 aliphatic rings. The molecule has 3 rings (SSSR count). The van der Waals surface area contributed by atoms with E-state index in [1.165, 1.54) is 0 Å². The van der Waals surface area contributed by atoms with E-state index in [9.17, 15) is 9.59 Å². The van der Waals surface area contributed by atoms with Gasteiger partial charge < -0.3 is 19.7 Å². The normalized spacial score (nSPS) is 16.0. The van der Waals surface area contributed by atoms with Crippen molar-refractivity contribution < 1.29 is 19.1 Å². The summed E-state index contributed by atoms with van der Waals surface area (Å²) >= 11 is 0. The van der Waals surface area contributed by atoms with E-state index in [1.54, 1.807) is 38.5 Å². The second-order valence-corrected chi connectivity index (χ2v) is 7.49. The van der Waals surface area contributed by atoms with Gasteiger partial charge in [0, 0.05) is 29.3 Å². The van der Waals surface area contributed by atoms with Gasteiger partial charge in [-0.2, -0.15) is 0 Å². The van der Waals surface area contributed by atoms with E-state index in [-0.39, 0.29) is 23.8 Å². The maximum absolute atomic E-state index is 13.2. The molecule has 0 bridgehead atoms. The molecule has 0 radical (unpaired) electrons. The Balaban J connectivity index is 1.81. The minimum absolute atomic E-state index is 0.0286. The fourth-order valence-electron chi connectivity index (χ4n) is 3.58. The molecule has 1 atom stereocenters. The molecule has 29 heavy (non-hydrogen) atoms. The summed E-state index contributed by atoms with van der Waals surface area (Å²) in [5.41, 5.74) is 2.24. The van der Waals surface area contributed by atoms with Crippen molar-refractivity contribution in [2.24, 2.45) is 5.92 Å². The number of nitrogens with one attached hydrogen (secondary N) is 1. The average Bonchev–Trinajstić information content (AvgIpc) is 3.22. The van der Waals surface area contributed by atoms with Crippen molar-refractivity contribution in [3.05, 3.63) is 53.6 Å². The highest BCUT2D eigenvalue weighted by Crippen LogP contribution is 2.39. The highest BCUT2D eigenvalue weighted by Gasteiger charge is 2.32. The lowest BCUT2D eigenvalue weighted by atomic mass is 10.0. The first-order chi connectivity index (χ1) is 13.9. The van der Waals surface area contributed by atoms with Gasteiger partial charge in [-0.1, -0.05) is 13.8 Å². The zero-order valence-corrected chi connectivity index (χ0v) is 17.4. The highest BCUT2D eigenvalue weighted by atomic mass is 16.5. The number of ether oxygens (including phenoxy) is 2. The van der Waals surface area contributed by atoms with Crippen molar-refractivity contribution in [2.45, 2.75) is 32.7 Å². The predicted octanol–water partition coefficient (Wildman–Crippen LogP) is 4.28. The highest BCUT2D eigenvalue weighted by molar-refractivity contribution is 5.96. The summed E-state index contributed by atoms with van der Waals surface area (Å²) in [5, 5.41) is 2.85. The van der Waals surface area contributed by atoms with Crippen LogP contribution in [0.5, 0.6) is 11.5 Å². The SMILES string of the molecule is COc1ccc(OC)c(C2CCCN2C(=O)c2ccc(NC(=O)C(C)C)cc2)c1. The van der Waals surface area contributed by atoms with Crippen LogP contribution in [0.1, 0.15) is 48.7 Å². The van der Waals surface area contributed by atoms with Crippen molar-refractivity contribution in [1.82, 2.24) is 4.90 Å².